The van der Waals surface area contributed by atoms with Gasteiger partial charge in [-0.3, -0.25) is 9.59 Å². The van der Waals surface area contributed by atoms with E-state index < -0.39 is 29.6 Å². The van der Waals surface area contributed by atoms with Crippen LogP contribution >= 0.6 is 0 Å². The number of aromatic nitrogens is 2. The summed E-state index contributed by atoms with van der Waals surface area (Å²) in [5.41, 5.74) is 22.8. The standard InChI is InChI=1S/C31H35FN10O4.2C2H6/c1-16-4-12-20(21(15-16)26(33)41-42-36)29(44)37-14-2-3-23(30(45)46)38-28(43)19-9-6-17(7-10-19)5-8-18-11-13-22-24(25(18)32)27(34)40-31(35)39-22;2*1-2/h4,6-7,9-13,15,23,42H,2-3,5,8,14,36H2,1H3,(H2,33,41)(H,37,44)(H,38,43)(H,45,46)(H4,34,35,39,40);2*1-2H3. The Morgan fingerprint density at radius 3 is 2.24 bits per heavy atom. The van der Waals surface area contributed by atoms with E-state index in [1.165, 1.54) is 0 Å². The first-order chi connectivity index (χ1) is 24.0. The lowest BCUT2D eigenvalue weighted by molar-refractivity contribution is -0.139. The number of nitrogens with one attached hydrogen (secondary N) is 3. The number of aliphatic carboxylic acids is 1. The zero-order valence-electron chi connectivity index (χ0n) is 29.0. The van der Waals surface area contributed by atoms with Gasteiger partial charge in [-0.05, 0) is 74.1 Å². The number of nitrogens with two attached hydrogens (primary N) is 4. The molecule has 14 nitrogen and oxygen atoms in total. The summed E-state index contributed by atoms with van der Waals surface area (Å²) in [5.74, 6) is 2.46. The number of nitrogen functional groups attached to an aromatic ring is 2. The zero-order valence-corrected chi connectivity index (χ0v) is 29.0. The van der Waals surface area contributed by atoms with Crippen molar-refractivity contribution in [2.45, 2.75) is 66.3 Å². The number of hydrogen-bond donors (Lipinski definition) is 8. The lowest BCUT2D eigenvalue weighted by Crippen LogP contribution is -2.41. The van der Waals surface area contributed by atoms with Crippen LogP contribution in [0.3, 0.4) is 0 Å². The molecule has 1 aromatic heterocycles. The van der Waals surface area contributed by atoms with Gasteiger partial charge in [0.2, 0.25) is 5.95 Å². The van der Waals surface area contributed by atoms with Crippen molar-refractivity contribution < 1.29 is 23.9 Å². The van der Waals surface area contributed by atoms with Crippen LogP contribution in [-0.2, 0) is 17.6 Å². The Kier molecular flexibility index (Phi) is 16.0. The van der Waals surface area contributed by atoms with E-state index in [4.69, 9.17) is 23.0 Å². The van der Waals surface area contributed by atoms with Crippen LogP contribution in [0.4, 0.5) is 16.2 Å². The van der Waals surface area contributed by atoms with E-state index in [-0.39, 0.29) is 53.5 Å². The Bertz CT molecular complexity index is 1800. The molecule has 0 aliphatic heterocycles. The van der Waals surface area contributed by atoms with Crippen LogP contribution in [0.1, 0.15) is 83.5 Å². The quantitative estimate of drug-likeness (QED) is 0.0331. The second kappa shape index (κ2) is 19.9. The number of hydrazone groups is 1. The van der Waals surface area contributed by atoms with Gasteiger partial charge in [0.25, 0.3) is 11.8 Å². The molecule has 50 heavy (non-hydrogen) atoms. The van der Waals surface area contributed by atoms with Gasteiger partial charge in [0.1, 0.15) is 17.7 Å². The van der Waals surface area contributed by atoms with Crippen LogP contribution in [0.5, 0.6) is 0 Å². The Morgan fingerprint density at radius 1 is 0.920 bits per heavy atom. The normalized spacial score (nSPS) is 11.3. The Labute approximate surface area is 290 Å². The molecule has 0 aliphatic carbocycles. The molecule has 0 saturated heterocycles. The Hall–Kier alpha value is -5.83. The summed E-state index contributed by atoms with van der Waals surface area (Å²) >= 11 is 0. The summed E-state index contributed by atoms with van der Waals surface area (Å²) < 4.78 is 15.1. The summed E-state index contributed by atoms with van der Waals surface area (Å²) in [5, 5.41) is 18.8. The van der Waals surface area contributed by atoms with Crippen LogP contribution in [0.2, 0.25) is 0 Å². The van der Waals surface area contributed by atoms with Crippen molar-refractivity contribution in [2.24, 2.45) is 16.7 Å². The number of amides is 2. The van der Waals surface area contributed by atoms with Crippen molar-refractivity contribution in [3.05, 3.63) is 93.8 Å². The average molecular weight is 691 g/mol. The van der Waals surface area contributed by atoms with Crippen LogP contribution in [0, 0.1) is 12.7 Å². The molecule has 0 radical (unpaired) electrons. The molecule has 4 aromatic rings. The highest BCUT2D eigenvalue weighted by Gasteiger charge is 2.21. The summed E-state index contributed by atoms with van der Waals surface area (Å²) in [6.45, 7) is 9.99. The number of carboxylic acid groups (broad SMARTS) is 1. The maximum Gasteiger partial charge on any atom is 0.326 e. The number of carboxylic acids is 1. The fraction of sp³-hybridized carbons (Fsp3) is 0.314. The maximum atomic E-state index is 15.1. The third-order valence-electron chi connectivity index (χ3n) is 7.26. The number of amidine groups is 1. The fourth-order valence-corrected chi connectivity index (χ4v) is 4.87. The Morgan fingerprint density at radius 2 is 1.60 bits per heavy atom. The molecular formula is C35H47FN10O4. The van der Waals surface area contributed by atoms with Crippen LogP contribution < -0.4 is 39.2 Å². The van der Waals surface area contributed by atoms with E-state index in [2.05, 4.69) is 31.2 Å². The first kappa shape index (κ1) is 40.3. The molecule has 0 aliphatic rings. The first-order valence-corrected chi connectivity index (χ1v) is 16.3. The van der Waals surface area contributed by atoms with Crippen molar-refractivity contribution in [3.63, 3.8) is 0 Å². The lowest BCUT2D eigenvalue weighted by Gasteiger charge is -2.15. The molecule has 1 unspecified atom stereocenters. The third-order valence-corrected chi connectivity index (χ3v) is 7.26. The molecule has 0 spiro atoms. The van der Waals surface area contributed by atoms with E-state index in [0.717, 1.165) is 11.1 Å². The predicted octanol–water partition coefficient (Wildman–Crippen LogP) is 3.56. The molecular weight excluding hydrogens is 643 g/mol. The zero-order chi connectivity index (χ0) is 37.4. The Balaban J connectivity index is 0.00000209. The van der Waals surface area contributed by atoms with Gasteiger partial charge in [0.05, 0.1) is 16.5 Å². The van der Waals surface area contributed by atoms with Crippen LogP contribution in [-0.4, -0.2) is 51.3 Å². The number of benzene rings is 3. The van der Waals surface area contributed by atoms with E-state index in [1.54, 1.807) is 54.6 Å². The van der Waals surface area contributed by atoms with E-state index in [1.807, 2.05) is 34.6 Å². The van der Waals surface area contributed by atoms with E-state index in [0.29, 0.717) is 29.5 Å². The number of hydrogen-bond acceptors (Lipinski definition) is 10. The summed E-state index contributed by atoms with van der Waals surface area (Å²) in [7, 11) is 0. The van der Waals surface area contributed by atoms with Crippen molar-refractivity contribution in [1.82, 2.24) is 26.1 Å². The number of carbonyl (C=O) groups excluding carboxylic acids is 2. The van der Waals surface area contributed by atoms with Gasteiger partial charge in [-0.1, -0.05) is 57.5 Å². The minimum atomic E-state index is -1.21. The molecule has 15 heteroatoms. The van der Waals surface area contributed by atoms with Gasteiger partial charge in [-0.15, -0.1) is 5.10 Å². The SMILES string of the molecule is CC.CC.Cc1ccc(C(=O)NCCCC(NC(=O)c2ccc(CCc3ccc4nc(N)nc(N)c4c3F)cc2)C(=O)O)c(/C(N)=N/NN)c1. The highest BCUT2D eigenvalue weighted by Crippen LogP contribution is 2.25. The van der Waals surface area contributed by atoms with Gasteiger partial charge in [0.15, 0.2) is 5.84 Å². The molecule has 0 bridgehead atoms. The molecule has 0 saturated carbocycles. The maximum absolute atomic E-state index is 15.1. The molecule has 0 fully saturated rings. The van der Waals surface area contributed by atoms with Gasteiger partial charge in [0, 0.05) is 17.7 Å². The minimum absolute atomic E-state index is 0.0318. The molecule has 2 amide bonds. The highest BCUT2D eigenvalue weighted by atomic mass is 19.1. The number of aryl methyl sites for hydroxylation is 3. The number of hydrazine groups is 1. The number of nitrogens with zero attached hydrogens (tertiary/aromatic N) is 3. The summed E-state index contributed by atoms with van der Waals surface area (Å²) in [4.78, 5) is 45.3. The predicted molar refractivity (Wildman–Crippen MR) is 195 cm³/mol. The smallest absolute Gasteiger partial charge is 0.326 e. The summed E-state index contributed by atoms with van der Waals surface area (Å²) in [6.07, 6.45) is 1.16. The van der Waals surface area contributed by atoms with E-state index in [9.17, 15) is 19.5 Å². The number of fused-ring (bicyclic) bond motifs is 1. The van der Waals surface area contributed by atoms with Gasteiger partial charge < -0.3 is 32.9 Å². The number of halogens is 1. The van der Waals surface area contributed by atoms with Crippen LogP contribution in [0.15, 0.2) is 59.7 Å². The number of carbonyl (C=O) groups is 3. The largest absolute Gasteiger partial charge is 0.480 e. The molecule has 12 N–H and O–H groups in total. The monoisotopic (exact) mass is 690 g/mol. The van der Waals surface area contributed by atoms with Crippen molar-refractivity contribution >= 4 is 46.3 Å². The number of anilines is 2. The van der Waals surface area contributed by atoms with Gasteiger partial charge in [-0.2, -0.15) is 4.98 Å². The van der Waals surface area contributed by atoms with Gasteiger partial charge >= 0.3 is 5.97 Å². The molecule has 268 valence electrons. The molecule has 1 heterocycles. The second-order valence-electron chi connectivity index (χ2n) is 10.5. The number of rotatable bonds is 13. The summed E-state index contributed by atoms with van der Waals surface area (Å²) in [6, 6.07) is 13.7. The molecule has 4 rings (SSSR count). The minimum Gasteiger partial charge on any atom is -0.480 e. The molecule has 1 atom stereocenters. The second-order valence-corrected chi connectivity index (χ2v) is 10.5. The fourth-order valence-electron chi connectivity index (χ4n) is 4.87. The third kappa shape index (κ3) is 10.8. The average Bonchev–Trinajstić information content (AvgIpc) is 3.10. The lowest BCUT2D eigenvalue weighted by atomic mass is 10.0. The van der Waals surface area contributed by atoms with Crippen molar-refractivity contribution in [3.8, 4) is 0 Å². The first-order valence-electron chi connectivity index (χ1n) is 16.3. The topological polar surface area (TPSA) is 250 Å². The van der Waals surface area contributed by atoms with Crippen molar-refractivity contribution in [1.29, 1.82) is 0 Å². The molecule has 3 aromatic carbocycles. The van der Waals surface area contributed by atoms with Crippen molar-refractivity contribution in [2.75, 3.05) is 18.0 Å². The van der Waals surface area contributed by atoms with Gasteiger partial charge in [-0.25, -0.2) is 25.5 Å². The highest BCUT2D eigenvalue weighted by molar-refractivity contribution is 6.08. The van der Waals surface area contributed by atoms with E-state index >= 15 is 4.39 Å². The van der Waals surface area contributed by atoms with Crippen LogP contribution in [0.25, 0.3) is 10.9 Å².